The van der Waals surface area contributed by atoms with Gasteiger partial charge in [-0.3, -0.25) is 0 Å². The molecule has 0 radical (unpaired) electrons. The van der Waals surface area contributed by atoms with Crippen molar-refractivity contribution in [3.05, 3.63) is 40.0 Å². The summed E-state index contributed by atoms with van der Waals surface area (Å²) in [6.07, 6.45) is 7.24. The van der Waals surface area contributed by atoms with Crippen LogP contribution in [0, 0.1) is 12.8 Å². The summed E-state index contributed by atoms with van der Waals surface area (Å²) in [5, 5.41) is 7.78. The van der Waals surface area contributed by atoms with E-state index < -0.39 is 0 Å². The van der Waals surface area contributed by atoms with Crippen LogP contribution in [-0.2, 0) is 13.0 Å². The molecule has 2 N–H and O–H groups in total. The standard InChI is InChI=1S/C19H27N5OS/c1-3-20-19(21-9-8-18-23-10-14(2)26-18)24-12-16-6-7-17(22-11-16)25-13-15-4-5-15/h6-7,10-11,15H,3-5,8-9,12-13H2,1-2H3,(H2,20,21,24). The Morgan fingerprint density at radius 2 is 2.15 bits per heavy atom. The van der Waals surface area contributed by atoms with Gasteiger partial charge in [-0.25, -0.2) is 15.0 Å². The van der Waals surface area contributed by atoms with E-state index in [0.29, 0.717) is 12.4 Å². The van der Waals surface area contributed by atoms with Crippen molar-refractivity contribution in [1.82, 2.24) is 20.6 Å². The average Bonchev–Trinajstić information content (AvgIpc) is 3.39. The molecule has 2 aromatic rings. The van der Waals surface area contributed by atoms with Crippen molar-refractivity contribution in [2.75, 3.05) is 19.7 Å². The average molecular weight is 374 g/mol. The van der Waals surface area contributed by atoms with Crippen LogP contribution in [0.25, 0.3) is 0 Å². The number of guanidine groups is 1. The fraction of sp³-hybridized carbons (Fsp3) is 0.526. The second kappa shape index (κ2) is 9.52. The van der Waals surface area contributed by atoms with Crippen molar-refractivity contribution in [2.45, 2.75) is 39.7 Å². The van der Waals surface area contributed by atoms with Crippen LogP contribution in [0.1, 0.15) is 35.2 Å². The van der Waals surface area contributed by atoms with Crippen LogP contribution < -0.4 is 15.4 Å². The van der Waals surface area contributed by atoms with Crippen molar-refractivity contribution in [3.8, 4) is 5.88 Å². The van der Waals surface area contributed by atoms with Gasteiger partial charge in [0.25, 0.3) is 0 Å². The summed E-state index contributed by atoms with van der Waals surface area (Å²) in [7, 11) is 0. The Kier molecular flexibility index (Phi) is 6.82. The van der Waals surface area contributed by atoms with E-state index in [9.17, 15) is 0 Å². The van der Waals surface area contributed by atoms with Gasteiger partial charge in [-0.2, -0.15) is 0 Å². The second-order valence-corrected chi connectivity index (χ2v) is 7.81. The van der Waals surface area contributed by atoms with E-state index in [1.165, 1.54) is 17.7 Å². The number of aromatic nitrogens is 2. The Bertz CT molecular complexity index is 709. The minimum atomic E-state index is 0.585. The molecular weight excluding hydrogens is 346 g/mol. The zero-order chi connectivity index (χ0) is 18.2. The number of rotatable bonds is 9. The smallest absolute Gasteiger partial charge is 0.213 e. The topological polar surface area (TPSA) is 71.4 Å². The molecule has 1 saturated carbocycles. The number of aliphatic imine (C=N–C) groups is 1. The Labute approximate surface area is 159 Å². The van der Waals surface area contributed by atoms with Crippen molar-refractivity contribution < 1.29 is 4.74 Å². The number of aryl methyl sites for hydroxylation is 1. The Morgan fingerprint density at radius 1 is 1.27 bits per heavy atom. The number of nitrogens with one attached hydrogen (secondary N) is 2. The third-order valence-electron chi connectivity index (χ3n) is 4.03. The lowest BCUT2D eigenvalue weighted by atomic mass is 10.3. The first-order valence-corrected chi connectivity index (χ1v) is 10.1. The normalized spacial score (nSPS) is 14.3. The second-order valence-electron chi connectivity index (χ2n) is 6.50. The molecule has 7 heteroatoms. The van der Waals surface area contributed by atoms with Crippen molar-refractivity contribution >= 4 is 17.3 Å². The van der Waals surface area contributed by atoms with E-state index in [-0.39, 0.29) is 0 Å². The first kappa shape index (κ1) is 18.6. The molecule has 2 heterocycles. The van der Waals surface area contributed by atoms with Gasteiger partial charge in [0.2, 0.25) is 5.88 Å². The number of thiazole rings is 1. The third kappa shape index (κ3) is 6.29. The highest BCUT2D eigenvalue weighted by atomic mass is 32.1. The first-order chi connectivity index (χ1) is 12.7. The molecule has 0 saturated heterocycles. The molecule has 140 valence electrons. The molecule has 1 aliphatic rings. The molecule has 0 spiro atoms. The predicted molar refractivity (Wildman–Crippen MR) is 106 cm³/mol. The zero-order valence-electron chi connectivity index (χ0n) is 15.5. The SMILES string of the molecule is CCNC(=NCc1ccc(OCC2CC2)nc1)NCCc1ncc(C)s1. The third-order valence-corrected chi connectivity index (χ3v) is 5.00. The summed E-state index contributed by atoms with van der Waals surface area (Å²) < 4.78 is 5.67. The van der Waals surface area contributed by atoms with Crippen LogP contribution in [0.3, 0.4) is 0 Å². The van der Waals surface area contributed by atoms with Crippen LogP contribution in [0.5, 0.6) is 5.88 Å². The molecule has 0 amide bonds. The van der Waals surface area contributed by atoms with Gasteiger partial charge < -0.3 is 15.4 Å². The monoisotopic (exact) mass is 373 g/mol. The molecule has 0 unspecified atom stereocenters. The molecule has 0 aliphatic heterocycles. The maximum absolute atomic E-state index is 5.67. The van der Waals surface area contributed by atoms with Gasteiger partial charge >= 0.3 is 0 Å². The molecule has 3 rings (SSSR count). The lowest BCUT2D eigenvalue weighted by Crippen LogP contribution is -2.38. The molecule has 0 atom stereocenters. The minimum Gasteiger partial charge on any atom is -0.477 e. The molecule has 2 aromatic heterocycles. The summed E-state index contributed by atoms with van der Waals surface area (Å²) in [4.78, 5) is 14.6. The van der Waals surface area contributed by atoms with Crippen LogP contribution in [0.4, 0.5) is 0 Å². The summed E-state index contributed by atoms with van der Waals surface area (Å²) in [6.45, 7) is 7.16. The highest BCUT2D eigenvalue weighted by Gasteiger charge is 2.21. The van der Waals surface area contributed by atoms with Gasteiger partial charge in [-0.1, -0.05) is 6.07 Å². The van der Waals surface area contributed by atoms with Gasteiger partial charge in [0.1, 0.15) is 0 Å². The molecular formula is C19H27N5OS. The van der Waals surface area contributed by atoms with E-state index >= 15 is 0 Å². The summed E-state index contributed by atoms with van der Waals surface area (Å²) in [5.41, 5.74) is 1.07. The van der Waals surface area contributed by atoms with Crippen LogP contribution in [-0.4, -0.2) is 35.6 Å². The zero-order valence-corrected chi connectivity index (χ0v) is 16.3. The summed E-state index contributed by atoms with van der Waals surface area (Å²) in [5.74, 6) is 2.26. The fourth-order valence-corrected chi connectivity index (χ4v) is 3.18. The quantitative estimate of drug-likeness (QED) is 0.522. The Morgan fingerprint density at radius 3 is 2.81 bits per heavy atom. The largest absolute Gasteiger partial charge is 0.477 e. The number of pyridine rings is 1. The highest BCUT2D eigenvalue weighted by Crippen LogP contribution is 2.29. The molecule has 0 bridgehead atoms. The highest BCUT2D eigenvalue weighted by molar-refractivity contribution is 7.11. The maximum atomic E-state index is 5.67. The van der Waals surface area contributed by atoms with Crippen LogP contribution in [0.2, 0.25) is 0 Å². The molecule has 6 nitrogen and oxygen atoms in total. The van der Waals surface area contributed by atoms with Crippen molar-refractivity contribution in [1.29, 1.82) is 0 Å². The predicted octanol–water partition coefficient (Wildman–Crippen LogP) is 2.93. The number of nitrogens with zero attached hydrogens (tertiary/aromatic N) is 3. The van der Waals surface area contributed by atoms with Crippen LogP contribution >= 0.6 is 11.3 Å². The summed E-state index contributed by atoms with van der Waals surface area (Å²) in [6, 6.07) is 3.96. The van der Waals surface area contributed by atoms with E-state index in [2.05, 4.69) is 39.4 Å². The van der Waals surface area contributed by atoms with Crippen molar-refractivity contribution in [3.63, 3.8) is 0 Å². The van der Waals surface area contributed by atoms with E-state index in [0.717, 1.165) is 48.6 Å². The first-order valence-electron chi connectivity index (χ1n) is 9.24. The lowest BCUT2D eigenvalue weighted by Gasteiger charge is -2.10. The number of hydrogen-bond donors (Lipinski definition) is 2. The molecule has 26 heavy (non-hydrogen) atoms. The number of hydrogen-bond acceptors (Lipinski definition) is 5. The molecule has 0 aromatic carbocycles. The van der Waals surface area contributed by atoms with E-state index in [1.807, 2.05) is 24.5 Å². The summed E-state index contributed by atoms with van der Waals surface area (Å²) >= 11 is 1.74. The Balaban J connectivity index is 1.46. The number of ether oxygens (including phenoxy) is 1. The minimum absolute atomic E-state index is 0.585. The Hall–Kier alpha value is -2.15. The van der Waals surface area contributed by atoms with Crippen LogP contribution in [0.15, 0.2) is 29.5 Å². The van der Waals surface area contributed by atoms with Crippen molar-refractivity contribution in [2.24, 2.45) is 10.9 Å². The molecule has 1 aliphatic carbocycles. The van der Waals surface area contributed by atoms with Gasteiger partial charge in [0.15, 0.2) is 5.96 Å². The van der Waals surface area contributed by atoms with E-state index in [4.69, 9.17) is 4.74 Å². The van der Waals surface area contributed by atoms with Gasteiger partial charge in [-0.05, 0) is 38.2 Å². The molecule has 1 fully saturated rings. The van der Waals surface area contributed by atoms with Gasteiger partial charge in [0.05, 0.1) is 18.2 Å². The maximum Gasteiger partial charge on any atom is 0.213 e. The van der Waals surface area contributed by atoms with Gasteiger partial charge in [0, 0.05) is 42.8 Å². The lowest BCUT2D eigenvalue weighted by molar-refractivity contribution is 0.288. The van der Waals surface area contributed by atoms with E-state index in [1.54, 1.807) is 11.3 Å². The fourth-order valence-electron chi connectivity index (χ4n) is 2.39. The van der Waals surface area contributed by atoms with Gasteiger partial charge in [-0.15, -0.1) is 11.3 Å².